The lowest BCUT2D eigenvalue weighted by Crippen LogP contribution is -2.43. The van der Waals surface area contributed by atoms with E-state index in [0.29, 0.717) is 18.4 Å². The Balaban J connectivity index is 2.32. The van der Waals surface area contributed by atoms with Crippen molar-refractivity contribution in [3.63, 3.8) is 0 Å². The number of likely N-dealkylation sites (tertiary alicyclic amines) is 1. The van der Waals surface area contributed by atoms with Crippen molar-refractivity contribution in [3.05, 3.63) is 23.8 Å². The fraction of sp³-hybridized carbons (Fsp3) is 0.647. The summed E-state index contributed by atoms with van der Waals surface area (Å²) < 4.78 is 11.0. The summed E-state index contributed by atoms with van der Waals surface area (Å²) in [6, 6.07) is 6.22. The Morgan fingerprint density at radius 3 is 2.38 bits per heavy atom. The molecule has 0 aliphatic carbocycles. The number of hydrogen-bond donors (Lipinski definition) is 1. The molecule has 1 aliphatic heterocycles. The molecule has 0 amide bonds. The van der Waals surface area contributed by atoms with Gasteiger partial charge in [-0.05, 0) is 24.3 Å². The highest BCUT2D eigenvalue weighted by Crippen LogP contribution is 2.38. The molecule has 4 heteroatoms. The summed E-state index contributed by atoms with van der Waals surface area (Å²) >= 11 is 0. The molecule has 2 N–H and O–H groups in total. The minimum Gasteiger partial charge on any atom is -0.493 e. The molecule has 0 aromatic heterocycles. The molecular weight excluding hydrogens is 264 g/mol. The molecule has 1 heterocycles. The Bertz CT molecular complexity index is 454. The van der Waals surface area contributed by atoms with Crippen LogP contribution in [0.25, 0.3) is 0 Å². The van der Waals surface area contributed by atoms with Gasteiger partial charge in [0, 0.05) is 25.2 Å². The SMILES string of the molecule is COc1cccc(C(CN)N2C[C@H](C)C[C@H](C)C2)c1OC. The van der Waals surface area contributed by atoms with E-state index in [1.54, 1.807) is 14.2 Å². The van der Waals surface area contributed by atoms with E-state index < -0.39 is 0 Å². The maximum Gasteiger partial charge on any atom is 0.165 e. The fourth-order valence-electron chi connectivity index (χ4n) is 3.61. The predicted octanol–water partition coefficient (Wildman–Crippen LogP) is 2.68. The average Bonchev–Trinajstić information content (AvgIpc) is 2.46. The van der Waals surface area contributed by atoms with Crippen LogP contribution < -0.4 is 15.2 Å². The molecule has 1 fully saturated rings. The van der Waals surface area contributed by atoms with Crippen LogP contribution in [0.4, 0.5) is 0 Å². The van der Waals surface area contributed by atoms with Gasteiger partial charge in [-0.3, -0.25) is 4.90 Å². The van der Waals surface area contributed by atoms with Crippen LogP contribution in [-0.4, -0.2) is 38.8 Å². The molecule has 1 aromatic carbocycles. The summed E-state index contributed by atoms with van der Waals surface area (Å²) in [5, 5.41) is 0. The van der Waals surface area contributed by atoms with Gasteiger partial charge < -0.3 is 15.2 Å². The molecule has 0 saturated carbocycles. The van der Waals surface area contributed by atoms with Crippen LogP contribution in [0.3, 0.4) is 0 Å². The van der Waals surface area contributed by atoms with Crippen molar-refractivity contribution in [1.82, 2.24) is 4.90 Å². The Morgan fingerprint density at radius 1 is 1.19 bits per heavy atom. The zero-order valence-electron chi connectivity index (χ0n) is 13.6. The van der Waals surface area contributed by atoms with Crippen molar-refractivity contribution in [2.45, 2.75) is 26.3 Å². The van der Waals surface area contributed by atoms with Gasteiger partial charge in [-0.2, -0.15) is 0 Å². The van der Waals surface area contributed by atoms with Crippen LogP contribution in [0.15, 0.2) is 18.2 Å². The number of ether oxygens (including phenoxy) is 2. The minimum atomic E-state index is 0.181. The van der Waals surface area contributed by atoms with Crippen molar-refractivity contribution in [2.75, 3.05) is 33.9 Å². The number of piperidine rings is 1. The van der Waals surface area contributed by atoms with Gasteiger partial charge in [0.1, 0.15) is 0 Å². The van der Waals surface area contributed by atoms with E-state index >= 15 is 0 Å². The molecule has 2 rings (SSSR count). The van der Waals surface area contributed by atoms with Crippen molar-refractivity contribution in [1.29, 1.82) is 0 Å². The zero-order chi connectivity index (χ0) is 15.4. The molecule has 0 bridgehead atoms. The van der Waals surface area contributed by atoms with Crippen molar-refractivity contribution < 1.29 is 9.47 Å². The third-order valence-corrected chi connectivity index (χ3v) is 4.35. The van der Waals surface area contributed by atoms with E-state index in [9.17, 15) is 0 Å². The summed E-state index contributed by atoms with van der Waals surface area (Å²) in [5.41, 5.74) is 7.23. The Hall–Kier alpha value is -1.26. The molecule has 4 nitrogen and oxygen atoms in total. The second-order valence-corrected chi connectivity index (χ2v) is 6.23. The number of methoxy groups -OCH3 is 2. The topological polar surface area (TPSA) is 47.7 Å². The van der Waals surface area contributed by atoms with E-state index in [2.05, 4.69) is 24.8 Å². The van der Waals surface area contributed by atoms with Crippen LogP contribution in [0.5, 0.6) is 11.5 Å². The standard InChI is InChI=1S/C17H28N2O2/c1-12-8-13(2)11-19(10-12)15(9-18)14-6-5-7-16(20-3)17(14)21-4/h5-7,12-13,15H,8-11,18H2,1-4H3/t12-,13+,15?. The van der Waals surface area contributed by atoms with Crippen LogP contribution >= 0.6 is 0 Å². The molecule has 1 unspecified atom stereocenters. The maximum absolute atomic E-state index is 6.10. The van der Waals surface area contributed by atoms with Gasteiger partial charge in [-0.15, -0.1) is 0 Å². The van der Waals surface area contributed by atoms with Gasteiger partial charge in [-0.1, -0.05) is 26.0 Å². The van der Waals surface area contributed by atoms with Crippen LogP contribution in [0.2, 0.25) is 0 Å². The second kappa shape index (κ2) is 7.14. The van der Waals surface area contributed by atoms with E-state index in [1.165, 1.54) is 6.42 Å². The highest BCUT2D eigenvalue weighted by Gasteiger charge is 2.29. The third kappa shape index (κ3) is 3.50. The molecule has 1 saturated heterocycles. The number of hydrogen-bond acceptors (Lipinski definition) is 4. The van der Waals surface area contributed by atoms with E-state index in [1.807, 2.05) is 12.1 Å². The predicted molar refractivity (Wildman–Crippen MR) is 85.9 cm³/mol. The van der Waals surface area contributed by atoms with Gasteiger partial charge in [0.2, 0.25) is 0 Å². The first-order valence-electron chi connectivity index (χ1n) is 7.75. The van der Waals surface area contributed by atoms with E-state index in [4.69, 9.17) is 15.2 Å². The molecule has 0 spiro atoms. The largest absolute Gasteiger partial charge is 0.493 e. The van der Waals surface area contributed by atoms with Gasteiger partial charge >= 0.3 is 0 Å². The van der Waals surface area contributed by atoms with Crippen molar-refractivity contribution in [2.24, 2.45) is 17.6 Å². The highest BCUT2D eigenvalue weighted by molar-refractivity contribution is 5.48. The average molecular weight is 292 g/mol. The summed E-state index contributed by atoms with van der Waals surface area (Å²) in [4.78, 5) is 2.50. The lowest BCUT2D eigenvalue weighted by molar-refractivity contribution is 0.0969. The summed E-state index contributed by atoms with van der Waals surface area (Å²) in [7, 11) is 3.36. The van der Waals surface area contributed by atoms with Gasteiger partial charge in [0.05, 0.1) is 20.3 Å². The zero-order valence-corrected chi connectivity index (χ0v) is 13.6. The Labute approximate surface area is 128 Å². The van der Waals surface area contributed by atoms with Crippen LogP contribution in [-0.2, 0) is 0 Å². The summed E-state index contributed by atoms with van der Waals surface area (Å²) in [6.07, 6.45) is 1.29. The van der Waals surface area contributed by atoms with Crippen LogP contribution in [0.1, 0.15) is 31.9 Å². The summed E-state index contributed by atoms with van der Waals surface area (Å²) in [5.74, 6) is 2.99. The van der Waals surface area contributed by atoms with E-state index in [-0.39, 0.29) is 6.04 Å². The number of benzene rings is 1. The van der Waals surface area contributed by atoms with Crippen LogP contribution in [0, 0.1) is 11.8 Å². The summed E-state index contributed by atoms with van der Waals surface area (Å²) in [6.45, 7) is 7.40. The number of nitrogens with zero attached hydrogens (tertiary/aromatic N) is 1. The molecule has 118 valence electrons. The molecule has 1 aliphatic rings. The number of nitrogens with two attached hydrogens (primary N) is 1. The molecule has 3 atom stereocenters. The van der Waals surface area contributed by atoms with E-state index in [0.717, 1.165) is 30.2 Å². The molecule has 0 radical (unpaired) electrons. The minimum absolute atomic E-state index is 0.181. The Morgan fingerprint density at radius 2 is 1.86 bits per heavy atom. The molecular formula is C17H28N2O2. The first-order chi connectivity index (χ1) is 10.1. The normalized spacial score (nSPS) is 24.6. The smallest absolute Gasteiger partial charge is 0.165 e. The first kappa shape index (κ1) is 16.1. The third-order valence-electron chi connectivity index (χ3n) is 4.35. The number of para-hydroxylation sites is 1. The Kier molecular flexibility index (Phi) is 5.48. The number of rotatable bonds is 5. The highest BCUT2D eigenvalue weighted by atomic mass is 16.5. The molecule has 21 heavy (non-hydrogen) atoms. The monoisotopic (exact) mass is 292 g/mol. The van der Waals surface area contributed by atoms with Crippen molar-refractivity contribution >= 4 is 0 Å². The fourth-order valence-corrected chi connectivity index (χ4v) is 3.61. The van der Waals surface area contributed by atoms with Gasteiger partial charge in [0.25, 0.3) is 0 Å². The maximum atomic E-state index is 6.10. The lowest BCUT2D eigenvalue weighted by atomic mass is 9.89. The second-order valence-electron chi connectivity index (χ2n) is 6.23. The quantitative estimate of drug-likeness (QED) is 0.906. The molecule has 1 aromatic rings. The first-order valence-corrected chi connectivity index (χ1v) is 7.75. The van der Waals surface area contributed by atoms with Gasteiger partial charge in [-0.25, -0.2) is 0 Å². The van der Waals surface area contributed by atoms with Gasteiger partial charge in [0.15, 0.2) is 11.5 Å². The van der Waals surface area contributed by atoms with Crippen molar-refractivity contribution in [3.8, 4) is 11.5 Å². The lowest BCUT2D eigenvalue weighted by Gasteiger charge is -2.40.